The summed E-state index contributed by atoms with van der Waals surface area (Å²) in [6.07, 6.45) is 8.10. The SMILES string of the molecule is CC1(C)c2ccccc2-c2cc3c(cc21)Oc1ccccc1-c1ccccc1/C=C\c1ccc(-c2nc(-c4ccccc4)nc(-c4ccc(-c5cccnc5)cc4)n2)cc1-3. The third-order valence-electron chi connectivity index (χ3n) is 11.9. The number of rotatable bonds is 4. The van der Waals surface area contributed by atoms with Gasteiger partial charge in [0.15, 0.2) is 17.5 Å². The lowest BCUT2D eigenvalue weighted by Gasteiger charge is -2.23. The van der Waals surface area contributed by atoms with E-state index in [2.05, 4.69) is 158 Å². The van der Waals surface area contributed by atoms with E-state index < -0.39 is 0 Å². The highest BCUT2D eigenvalue weighted by Gasteiger charge is 2.37. The molecule has 7 aromatic carbocycles. The van der Waals surface area contributed by atoms with Crippen LogP contribution in [0.5, 0.6) is 11.5 Å². The summed E-state index contributed by atoms with van der Waals surface area (Å²) in [5.74, 6) is 3.39. The van der Waals surface area contributed by atoms with Crippen LogP contribution in [0.25, 0.3) is 90.8 Å². The first kappa shape index (κ1) is 35.4. The Kier molecular flexibility index (Phi) is 8.41. The average molecular weight is 771 g/mol. The van der Waals surface area contributed by atoms with Crippen molar-refractivity contribution in [3.63, 3.8) is 0 Å². The van der Waals surface area contributed by atoms with Crippen LogP contribution in [0.1, 0.15) is 36.1 Å². The first-order valence-corrected chi connectivity index (χ1v) is 20.3. The Labute approximate surface area is 349 Å². The van der Waals surface area contributed by atoms with Crippen LogP contribution in [0.2, 0.25) is 0 Å². The molecular weight excluding hydrogens is 733 g/mol. The van der Waals surface area contributed by atoms with Gasteiger partial charge in [-0.1, -0.05) is 166 Å². The molecule has 0 amide bonds. The topological polar surface area (TPSA) is 60.8 Å². The molecule has 9 aromatic rings. The predicted molar refractivity (Wildman–Crippen MR) is 243 cm³/mol. The van der Waals surface area contributed by atoms with Gasteiger partial charge in [0, 0.05) is 45.6 Å². The molecule has 3 heterocycles. The number of fused-ring (bicyclic) bond motifs is 9. The summed E-state index contributed by atoms with van der Waals surface area (Å²) in [7, 11) is 0. The summed E-state index contributed by atoms with van der Waals surface area (Å²) >= 11 is 0. The number of pyridine rings is 1. The van der Waals surface area contributed by atoms with Crippen molar-refractivity contribution in [2.24, 2.45) is 0 Å². The Hall–Kier alpha value is -7.76. The average Bonchev–Trinajstić information content (AvgIpc) is 3.52. The van der Waals surface area contributed by atoms with Gasteiger partial charge in [0.05, 0.1) is 0 Å². The van der Waals surface area contributed by atoms with Gasteiger partial charge in [0.2, 0.25) is 0 Å². The van der Waals surface area contributed by atoms with Gasteiger partial charge in [-0.15, -0.1) is 0 Å². The fourth-order valence-electron chi connectivity index (χ4n) is 8.76. The van der Waals surface area contributed by atoms with E-state index in [1.54, 1.807) is 6.20 Å². The van der Waals surface area contributed by atoms with E-state index in [4.69, 9.17) is 19.7 Å². The summed E-state index contributed by atoms with van der Waals surface area (Å²) in [6, 6.07) is 59.2. The summed E-state index contributed by atoms with van der Waals surface area (Å²) in [4.78, 5) is 19.7. The number of para-hydroxylation sites is 1. The highest BCUT2D eigenvalue weighted by atomic mass is 16.5. The predicted octanol–water partition coefficient (Wildman–Crippen LogP) is 13.9. The molecule has 1 aliphatic heterocycles. The smallest absolute Gasteiger partial charge is 0.164 e. The van der Waals surface area contributed by atoms with Gasteiger partial charge in [0.25, 0.3) is 0 Å². The first-order valence-electron chi connectivity index (χ1n) is 20.3. The van der Waals surface area contributed by atoms with Gasteiger partial charge in [-0.25, -0.2) is 15.0 Å². The molecule has 284 valence electrons. The second kappa shape index (κ2) is 14.3. The van der Waals surface area contributed by atoms with Gasteiger partial charge in [-0.05, 0) is 86.0 Å². The lowest BCUT2D eigenvalue weighted by molar-refractivity contribution is 0.484. The van der Waals surface area contributed by atoms with Crippen LogP contribution in [-0.4, -0.2) is 19.9 Å². The van der Waals surface area contributed by atoms with Crippen LogP contribution in [0, 0.1) is 0 Å². The van der Waals surface area contributed by atoms with Crippen molar-refractivity contribution in [3.05, 3.63) is 205 Å². The van der Waals surface area contributed by atoms with Crippen LogP contribution in [0.3, 0.4) is 0 Å². The Bertz CT molecular complexity index is 3130. The van der Waals surface area contributed by atoms with Gasteiger partial charge < -0.3 is 4.74 Å². The highest BCUT2D eigenvalue weighted by molar-refractivity contribution is 5.93. The molecule has 2 aliphatic rings. The first-order chi connectivity index (χ1) is 29.5. The van der Waals surface area contributed by atoms with E-state index in [0.29, 0.717) is 17.5 Å². The Morgan fingerprint density at radius 2 is 0.983 bits per heavy atom. The minimum absolute atomic E-state index is 0.210. The van der Waals surface area contributed by atoms with E-state index in [9.17, 15) is 0 Å². The quantitative estimate of drug-likeness (QED) is 0.178. The van der Waals surface area contributed by atoms with E-state index in [0.717, 1.165) is 72.7 Å². The van der Waals surface area contributed by atoms with Crippen molar-refractivity contribution in [2.45, 2.75) is 19.3 Å². The molecule has 0 atom stereocenters. The normalized spacial score (nSPS) is 13.6. The summed E-state index contributed by atoms with van der Waals surface area (Å²) in [5.41, 5.74) is 15.9. The number of benzene rings is 7. The van der Waals surface area contributed by atoms with Crippen LogP contribution >= 0.6 is 0 Å². The Morgan fingerprint density at radius 1 is 0.383 bits per heavy atom. The highest BCUT2D eigenvalue weighted by Crippen LogP contribution is 2.53. The monoisotopic (exact) mass is 770 g/mol. The van der Waals surface area contributed by atoms with Crippen LogP contribution in [0.15, 0.2) is 182 Å². The summed E-state index contributed by atoms with van der Waals surface area (Å²) in [5, 5.41) is 0. The molecule has 0 bridgehead atoms. The third-order valence-corrected chi connectivity index (χ3v) is 11.9. The molecule has 2 aromatic heterocycles. The molecule has 11 rings (SSSR count). The molecule has 0 spiro atoms. The second-order valence-electron chi connectivity index (χ2n) is 15.9. The molecule has 5 nitrogen and oxygen atoms in total. The molecule has 5 heteroatoms. The molecule has 60 heavy (non-hydrogen) atoms. The standard InChI is InChI=1S/C55H38N4O/c1-55(2)48-20-10-8-18-43(48)46-32-47-45-31-40(29-26-37(45)25-24-36-13-6-7-17-42(36)44-19-9-11-21-50(44)60-51(47)33-49(46)55)54-58-52(38-14-4-3-5-15-38)57-53(59-54)39-27-22-35(23-28-39)41-16-12-30-56-34-41/h3-34H,1-2H3/b25-24-. The van der Waals surface area contributed by atoms with Gasteiger partial charge >= 0.3 is 0 Å². The van der Waals surface area contributed by atoms with Crippen molar-refractivity contribution in [3.8, 4) is 90.2 Å². The number of ether oxygens (including phenoxy) is 1. The molecular formula is C55H38N4O. The van der Waals surface area contributed by atoms with Crippen molar-refractivity contribution in [2.75, 3.05) is 0 Å². The van der Waals surface area contributed by atoms with Gasteiger partial charge in [0.1, 0.15) is 11.5 Å². The molecule has 0 N–H and O–H groups in total. The minimum Gasteiger partial charge on any atom is -0.456 e. The zero-order valence-corrected chi connectivity index (χ0v) is 33.2. The third kappa shape index (κ3) is 6.11. The lowest BCUT2D eigenvalue weighted by atomic mass is 9.81. The summed E-state index contributed by atoms with van der Waals surface area (Å²) in [6.45, 7) is 4.62. The van der Waals surface area contributed by atoms with E-state index in [-0.39, 0.29) is 5.41 Å². The largest absolute Gasteiger partial charge is 0.456 e. The molecule has 0 unspecified atom stereocenters. The maximum atomic E-state index is 7.17. The maximum Gasteiger partial charge on any atom is 0.164 e. The van der Waals surface area contributed by atoms with E-state index >= 15 is 0 Å². The lowest BCUT2D eigenvalue weighted by Crippen LogP contribution is -2.15. The molecule has 0 saturated carbocycles. The van der Waals surface area contributed by atoms with Gasteiger partial charge in [-0.2, -0.15) is 0 Å². The molecule has 0 fully saturated rings. The van der Waals surface area contributed by atoms with Crippen molar-refractivity contribution in [1.82, 2.24) is 19.9 Å². The van der Waals surface area contributed by atoms with Crippen molar-refractivity contribution in [1.29, 1.82) is 0 Å². The van der Waals surface area contributed by atoms with E-state index in [1.807, 2.05) is 48.7 Å². The fourth-order valence-corrected chi connectivity index (χ4v) is 8.76. The van der Waals surface area contributed by atoms with Crippen LogP contribution < -0.4 is 4.74 Å². The Morgan fingerprint density at radius 3 is 1.75 bits per heavy atom. The van der Waals surface area contributed by atoms with Gasteiger partial charge in [-0.3, -0.25) is 4.98 Å². The number of hydrogen-bond donors (Lipinski definition) is 0. The Balaban J connectivity index is 1.13. The van der Waals surface area contributed by atoms with Crippen LogP contribution in [-0.2, 0) is 5.41 Å². The van der Waals surface area contributed by atoms with E-state index in [1.165, 1.54) is 22.3 Å². The number of hydrogen-bond acceptors (Lipinski definition) is 5. The zero-order valence-electron chi connectivity index (χ0n) is 33.2. The number of aromatic nitrogens is 4. The summed E-state index contributed by atoms with van der Waals surface area (Å²) < 4.78 is 7.17. The van der Waals surface area contributed by atoms with Crippen LogP contribution in [0.4, 0.5) is 0 Å². The molecule has 0 saturated heterocycles. The fraction of sp³-hybridized carbons (Fsp3) is 0.0545. The second-order valence-corrected chi connectivity index (χ2v) is 15.9. The number of nitrogens with zero attached hydrogens (tertiary/aromatic N) is 4. The molecule has 1 aliphatic carbocycles. The minimum atomic E-state index is -0.210. The van der Waals surface area contributed by atoms with Crippen molar-refractivity contribution < 1.29 is 4.74 Å². The zero-order chi connectivity index (χ0) is 40.2. The maximum absolute atomic E-state index is 7.17. The van der Waals surface area contributed by atoms with Crippen molar-refractivity contribution >= 4 is 12.2 Å². The molecule has 0 radical (unpaired) electrons.